The Bertz CT molecular complexity index is 750. The Labute approximate surface area is 177 Å². The highest BCUT2D eigenvalue weighted by molar-refractivity contribution is 5.88. The number of aromatic hydroxyl groups is 1. The average Bonchev–Trinajstić information content (AvgIpc) is 3.36. The molecule has 1 aromatic heterocycles. The van der Waals surface area contributed by atoms with Crippen LogP contribution in [0, 0.1) is 23.7 Å². The number of amides is 2. The van der Waals surface area contributed by atoms with Gasteiger partial charge in [-0.1, -0.05) is 0 Å². The molecule has 3 aliphatic rings. The van der Waals surface area contributed by atoms with Crippen LogP contribution in [0.1, 0.15) is 32.1 Å². The lowest BCUT2D eigenvalue weighted by molar-refractivity contribution is -0.135. The number of hydrogen-bond acceptors (Lipinski definition) is 7. The molecule has 0 unspecified atom stereocenters. The molecule has 4 N–H and O–H groups in total. The van der Waals surface area contributed by atoms with E-state index in [9.17, 15) is 14.7 Å². The summed E-state index contributed by atoms with van der Waals surface area (Å²) >= 11 is 0. The van der Waals surface area contributed by atoms with Crippen molar-refractivity contribution in [1.29, 1.82) is 0 Å². The largest absolute Gasteiger partial charge is 0.505 e. The van der Waals surface area contributed by atoms with Crippen molar-refractivity contribution < 1.29 is 14.7 Å². The second kappa shape index (κ2) is 9.16. The molecule has 1 saturated heterocycles. The maximum atomic E-state index is 12.6. The van der Waals surface area contributed by atoms with Crippen LogP contribution in [0.4, 0.5) is 5.95 Å². The minimum atomic E-state index is -0.306. The molecule has 3 fully saturated rings. The lowest BCUT2D eigenvalue weighted by atomic mass is 9.78. The lowest BCUT2D eigenvalue weighted by Crippen LogP contribution is -2.47. The van der Waals surface area contributed by atoms with Crippen LogP contribution < -0.4 is 16.0 Å². The normalized spacial score (nSPS) is 28.6. The van der Waals surface area contributed by atoms with Gasteiger partial charge in [0.05, 0.1) is 24.2 Å². The fraction of sp³-hybridized carbons (Fsp3) is 0.714. The van der Waals surface area contributed by atoms with Crippen LogP contribution in [0.5, 0.6) is 5.75 Å². The first-order valence-electron chi connectivity index (χ1n) is 11.1. The smallest absolute Gasteiger partial charge is 0.225 e. The molecular weight excluding hydrogens is 384 g/mol. The topological polar surface area (TPSA) is 125 Å². The third kappa shape index (κ3) is 4.50. The number of aromatic nitrogens is 2. The predicted octanol–water partition coefficient (Wildman–Crippen LogP) is 0.348. The van der Waals surface area contributed by atoms with Gasteiger partial charge in [0.1, 0.15) is 0 Å². The number of anilines is 1. The van der Waals surface area contributed by atoms with Gasteiger partial charge in [0.15, 0.2) is 5.75 Å². The van der Waals surface area contributed by atoms with Gasteiger partial charge in [0, 0.05) is 32.7 Å². The first kappa shape index (κ1) is 20.8. The molecule has 30 heavy (non-hydrogen) atoms. The number of nitrogens with one attached hydrogen (secondary N) is 1. The van der Waals surface area contributed by atoms with Crippen LogP contribution in [-0.2, 0) is 9.59 Å². The fourth-order valence-corrected chi connectivity index (χ4v) is 5.52. The van der Waals surface area contributed by atoms with Crippen LogP contribution in [0.15, 0.2) is 12.4 Å². The molecule has 1 aliphatic heterocycles. The van der Waals surface area contributed by atoms with Gasteiger partial charge in [0.2, 0.25) is 17.8 Å². The zero-order valence-electron chi connectivity index (χ0n) is 17.4. The van der Waals surface area contributed by atoms with Crippen LogP contribution in [-0.4, -0.2) is 71.1 Å². The molecule has 0 aromatic carbocycles. The number of carbonyl (C=O) groups is 2. The Balaban J connectivity index is 1.12. The quantitative estimate of drug-likeness (QED) is 0.522. The Morgan fingerprint density at radius 1 is 1.07 bits per heavy atom. The summed E-state index contributed by atoms with van der Waals surface area (Å²) in [5.74, 6) is 0.622. The van der Waals surface area contributed by atoms with Gasteiger partial charge in [-0.25, -0.2) is 9.97 Å². The highest BCUT2D eigenvalue weighted by Gasteiger charge is 2.53. The number of unbranched alkanes of at least 4 members (excludes halogenated alkanes) is 1. The van der Waals surface area contributed by atoms with Gasteiger partial charge in [-0.05, 0) is 50.5 Å². The van der Waals surface area contributed by atoms with Crippen molar-refractivity contribution in [2.24, 2.45) is 29.4 Å². The molecule has 9 nitrogen and oxygen atoms in total. The number of nitrogens with two attached hydrogens (primary N) is 1. The van der Waals surface area contributed by atoms with Crippen LogP contribution in [0.25, 0.3) is 0 Å². The monoisotopic (exact) mass is 416 g/mol. The van der Waals surface area contributed by atoms with E-state index < -0.39 is 0 Å². The fourth-order valence-electron chi connectivity index (χ4n) is 5.52. The van der Waals surface area contributed by atoms with Crippen LogP contribution in [0.2, 0.25) is 0 Å². The van der Waals surface area contributed by atoms with Gasteiger partial charge in [-0.15, -0.1) is 0 Å². The summed E-state index contributed by atoms with van der Waals surface area (Å²) in [4.78, 5) is 37.3. The van der Waals surface area contributed by atoms with E-state index in [1.807, 2.05) is 0 Å². The third-order valence-corrected chi connectivity index (χ3v) is 7.03. The van der Waals surface area contributed by atoms with Gasteiger partial charge >= 0.3 is 0 Å². The van der Waals surface area contributed by atoms with Gasteiger partial charge in [-0.2, -0.15) is 0 Å². The molecule has 4 rings (SSSR count). The molecule has 4 atom stereocenters. The molecule has 2 amide bonds. The number of hydrogen-bond donors (Lipinski definition) is 3. The first-order chi connectivity index (χ1) is 14.5. The molecule has 0 spiro atoms. The average molecular weight is 417 g/mol. The number of rotatable bonds is 8. The number of carbonyl (C=O) groups excluding carboxylic acids is 2. The van der Waals surface area contributed by atoms with Gasteiger partial charge in [-0.3, -0.25) is 14.5 Å². The second-order valence-corrected chi connectivity index (χ2v) is 8.86. The summed E-state index contributed by atoms with van der Waals surface area (Å²) in [5.41, 5.74) is 5.58. The Morgan fingerprint density at radius 3 is 2.40 bits per heavy atom. The van der Waals surface area contributed by atoms with E-state index in [2.05, 4.69) is 25.1 Å². The molecule has 2 bridgehead atoms. The summed E-state index contributed by atoms with van der Waals surface area (Å²) in [5, 5.41) is 12.4. The molecule has 0 radical (unpaired) electrons. The zero-order chi connectivity index (χ0) is 21.1. The number of piperazine rings is 1. The highest BCUT2D eigenvalue weighted by Crippen LogP contribution is 2.52. The molecular formula is C21H32N6O3. The second-order valence-electron chi connectivity index (χ2n) is 8.86. The SMILES string of the molecule is NC(=O)[C@H]1[C@@H]2CC[C@@H](C2)[C@H]1C(=O)NCCCCN1CCN(c2ncc(O)cn2)CC1. The maximum absolute atomic E-state index is 12.6. The summed E-state index contributed by atoms with van der Waals surface area (Å²) in [7, 11) is 0. The van der Waals surface area contributed by atoms with Crippen LogP contribution in [0.3, 0.4) is 0 Å². The molecule has 2 heterocycles. The minimum Gasteiger partial charge on any atom is -0.505 e. The van der Waals surface area contributed by atoms with Crippen LogP contribution >= 0.6 is 0 Å². The van der Waals surface area contributed by atoms with E-state index in [1.165, 1.54) is 12.4 Å². The number of primary amides is 1. The molecule has 2 saturated carbocycles. The van der Waals surface area contributed by atoms with Crippen molar-refractivity contribution in [2.75, 3.05) is 44.2 Å². The predicted molar refractivity (Wildman–Crippen MR) is 112 cm³/mol. The molecule has 2 aliphatic carbocycles. The van der Waals surface area contributed by atoms with E-state index in [1.54, 1.807) is 0 Å². The number of fused-ring (bicyclic) bond motifs is 2. The van der Waals surface area contributed by atoms with Crippen molar-refractivity contribution >= 4 is 17.8 Å². The van der Waals surface area contributed by atoms with Crippen molar-refractivity contribution in [3.05, 3.63) is 12.4 Å². The minimum absolute atomic E-state index is 0.0218. The Kier molecular flexibility index (Phi) is 6.36. The lowest BCUT2D eigenvalue weighted by Gasteiger charge is -2.34. The van der Waals surface area contributed by atoms with E-state index >= 15 is 0 Å². The van der Waals surface area contributed by atoms with E-state index in [-0.39, 0.29) is 29.4 Å². The highest BCUT2D eigenvalue weighted by atomic mass is 16.3. The number of nitrogens with zero attached hydrogens (tertiary/aromatic N) is 4. The standard InChI is InChI=1S/C21H32N6O3/c22-19(29)17-14-3-4-15(11-14)18(17)20(30)23-5-1-2-6-26-7-9-27(10-8-26)21-24-12-16(28)13-25-21/h12-15,17-18,28H,1-11H2,(H2,22,29)(H,23,30)/t14-,15+,17+,18-/m1/s1. The van der Waals surface area contributed by atoms with Gasteiger partial charge < -0.3 is 21.1 Å². The first-order valence-corrected chi connectivity index (χ1v) is 11.1. The Morgan fingerprint density at radius 2 is 1.73 bits per heavy atom. The van der Waals surface area contributed by atoms with Gasteiger partial charge in [0.25, 0.3) is 0 Å². The zero-order valence-corrected chi connectivity index (χ0v) is 17.4. The Hall–Kier alpha value is -2.42. The summed E-state index contributed by atoms with van der Waals surface area (Å²) in [6.45, 7) is 5.27. The molecule has 164 valence electrons. The van der Waals surface area contributed by atoms with Crippen molar-refractivity contribution in [3.63, 3.8) is 0 Å². The van der Waals surface area contributed by atoms with E-state index in [4.69, 9.17) is 5.73 Å². The van der Waals surface area contributed by atoms with Crippen molar-refractivity contribution in [2.45, 2.75) is 32.1 Å². The molecule has 1 aromatic rings. The van der Waals surface area contributed by atoms with Crippen molar-refractivity contribution in [1.82, 2.24) is 20.2 Å². The maximum Gasteiger partial charge on any atom is 0.225 e. The molecule has 9 heteroatoms. The summed E-state index contributed by atoms with van der Waals surface area (Å²) in [6.07, 6.45) is 7.85. The summed E-state index contributed by atoms with van der Waals surface area (Å²) in [6, 6.07) is 0. The van der Waals surface area contributed by atoms with E-state index in [0.29, 0.717) is 24.3 Å². The summed E-state index contributed by atoms with van der Waals surface area (Å²) < 4.78 is 0. The third-order valence-electron chi connectivity index (χ3n) is 7.03. The van der Waals surface area contributed by atoms with Crippen molar-refractivity contribution in [3.8, 4) is 5.75 Å². The van der Waals surface area contributed by atoms with E-state index in [0.717, 1.165) is 64.8 Å².